The Labute approximate surface area is 213 Å². The summed E-state index contributed by atoms with van der Waals surface area (Å²) in [6.07, 6.45) is 5.35. The topological polar surface area (TPSA) is 79.3 Å². The van der Waals surface area contributed by atoms with Crippen molar-refractivity contribution in [3.05, 3.63) is 88.0 Å². The summed E-state index contributed by atoms with van der Waals surface area (Å²) < 4.78 is 1.58. The summed E-state index contributed by atoms with van der Waals surface area (Å²) in [6.45, 7) is 11.3. The molecular weight excluding hydrogens is 450 g/mol. The first-order valence-corrected chi connectivity index (χ1v) is 12.9. The van der Waals surface area contributed by atoms with Crippen molar-refractivity contribution in [2.75, 3.05) is 25.0 Å². The van der Waals surface area contributed by atoms with Gasteiger partial charge in [-0.2, -0.15) is 0 Å². The number of carbonyl (C=O) groups excluding carboxylic acids is 1. The van der Waals surface area contributed by atoms with E-state index in [0.29, 0.717) is 17.1 Å². The predicted molar refractivity (Wildman–Crippen MR) is 145 cm³/mol. The Kier molecular flexibility index (Phi) is 8.21. The second-order valence-electron chi connectivity index (χ2n) is 9.70. The third kappa shape index (κ3) is 6.02. The lowest BCUT2D eigenvalue weighted by molar-refractivity contribution is 0.0951. The minimum absolute atomic E-state index is 0.0837. The van der Waals surface area contributed by atoms with Crippen molar-refractivity contribution >= 4 is 11.7 Å². The summed E-state index contributed by atoms with van der Waals surface area (Å²) in [5.41, 5.74) is 3.02. The lowest BCUT2D eigenvalue weighted by atomic mass is 9.93. The van der Waals surface area contributed by atoms with Crippen LogP contribution in [0.25, 0.3) is 5.69 Å². The van der Waals surface area contributed by atoms with E-state index >= 15 is 0 Å². The average molecular weight is 488 g/mol. The number of anilines is 1. The van der Waals surface area contributed by atoms with Crippen molar-refractivity contribution in [2.24, 2.45) is 5.92 Å². The van der Waals surface area contributed by atoms with E-state index in [-0.39, 0.29) is 29.5 Å². The number of hydrogen-bond acceptors (Lipinski definition) is 5. The Bertz CT molecular complexity index is 1230. The van der Waals surface area contributed by atoms with Crippen molar-refractivity contribution in [1.29, 1.82) is 0 Å². The summed E-state index contributed by atoms with van der Waals surface area (Å²) in [5, 5.41) is 6.49. The molecule has 7 nitrogen and oxygen atoms in total. The van der Waals surface area contributed by atoms with Crippen molar-refractivity contribution in [2.45, 2.75) is 52.6 Å². The third-order valence-electron chi connectivity index (χ3n) is 6.94. The Morgan fingerprint density at radius 3 is 2.53 bits per heavy atom. The van der Waals surface area contributed by atoms with Gasteiger partial charge < -0.3 is 15.5 Å². The first-order chi connectivity index (χ1) is 17.4. The highest BCUT2D eigenvalue weighted by Crippen LogP contribution is 2.26. The van der Waals surface area contributed by atoms with Crippen LogP contribution >= 0.6 is 0 Å². The number of nitrogens with one attached hydrogen (secondary N) is 2. The van der Waals surface area contributed by atoms with E-state index in [1.807, 2.05) is 37.3 Å². The maximum absolute atomic E-state index is 13.6. The molecule has 1 aliphatic rings. The highest BCUT2D eigenvalue weighted by Gasteiger charge is 2.25. The Morgan fingerprint density at radius 2 is 1.86 bits per heavy atom. The van der Waals surface area contributed by atoms with Crippen LogP contribution in [-0.2, 0) is 0 Å². The molecule has 3 aromatic rings. The number of hydrogen-bond donors (Lipinski definition) is 2. The van der Waals surface area contributed by atoms with Crippen LogP contribution in [0.4, 0.5) is 5.82 Å². The molecule has 0 bridgehead atoms. The van der Waals surface area contributed by atoms with Crippen molar-refractivity contribution in [3.8, 4) is 5.69 Å². The normalized spacial score (nSPS) is 14.9. The van der Waals surface area contributed by atoms with Crippen molar-refractivity contribution in [3.63, 3.8) is 0 Å². The maximum Gasteiger partial charge on any atom is 0.297 e. The van der Waals surface area contributed by atoms with Gasteiger partial charge in [-0.3, -0.25) is 14.2 Å². The fourth-order valence-corrected chi connectivity index (χ4v) is 4.56. The minimum Gasteiger partial charge on any atom is -0.358 e. The minimum atomic E-state index is -0.240. The first kappa shape index (κ1) is 25.6. The zero-order valence-corrected chi connectivity index (χ0v) is 21.7. The molecule has 1 aromatic heterocycles. The van der Waals surface area contributed by atoms with E-state index in [1.165, 1.54) is 0 Å². The SMILES string of the molecule is CCN(CC)C[C@@H](C)[C@@H](Nc1nccn(-c2cc(C(=O)NC3CC3)ccc2C)c1=O)c1ccccc1. The molecule has 2 aromatic carbocycles. The standard InChI is InChI=1S/C29H37N5O2/c1-5-33(6-2)19-21(4)26(22-10-8-7-9-11-22)32-27-29(36)34(17-16-30-27)25-18-23(13-12-20(25)3)28(35)31-24-14-15-24/h7-13,16-18,21,24,26H,5-6,14-15,19H2,1-4H3,(H,30,32)(H,31,35)/t21-,26-/m1/s1. The second-order valence-corrected chi connectivity index (χ2v) is 9.70. The maximum atomic E-state index is 13.6. The summed E-state index contributed by atoms with van der Waals surface area (Å²) in [4.78, 5) is 33.1. The van der Waals surface area contributed by atoms with E-state index in [9.17, 15) is 9.59 Å². The molecule has 2 N–H and O–H groups in total. The summed E-state index contributed by atoms with van der Waals surface area (Å²) in [5.74, 6) is 0.428. The van der Waals surface area contributed by atoms with Gasteiger partial charge in [0, 0.05) is 30.5 Å². The molecule has 7 heteroatoms. The number of nitrogens with zero attached hydrogens (tertiary/aromatic N) is 3. The van der Waals surface area contributed by atoms with Gasteiger partial charge in [0.05, 0.1) is 11.7 Å². The summed E-state index contributed by atoms with van der Waals surface area (Å²) in [7, 11) is 0. The van der Waals surface area contributed by atoms with Crippen LogP contribution in [-0.4, -0.2) is 46.0 Å². The van der Waals surface area contributed by atoms with Crippen LogP contribution in [0.1, 0.15) is 61.1 Å². The van der Waals surface area contributed by atoms with Crippen LogP contribution in [0.5, 0.6) is 0 Å². The van der Waals surface area contributed by atoms with Crippen LogP contribution in [0, 0.1) is 12.8 Å². The zero-order chi connectivity index (χ0) is 25.7. The zero-order valence-electron chi connectivity index (χ0n) is 21.7. The van der Waals surface area contributed by atoms with Crippen molar-refractivity contribution < 1.29 is 4.79 Å². The molecule has 1 saturated carbocycles. The van der Waals surface area contributed by atoms with Gasteiger partial charge in [-0.15, -0.1) is 0 Å². The fraction of sp³-hybridized carbons (Fsp3) is 0.414. The number of aryl methyl sites for hydroxylation is 1. The van der Waals surface area contributed by atoms with E-state index < -0.39 is 0 Å². The lowest BCUT2D eigenvalue weighted by Gasteiger charge is -2.30. The molecule has 1 amide bonds. The quantitative estimate of drug-likeness (QED) is 0.414. The molecule has 0 unspecified atom stereocenters. The molecule has 36 heavy (non-hydrogen) atoms. The van der Waals surface area contributed by atoms with Gasteiger partial charge in [-0.05, 0) is 62.0 Å². The van der Waals surface area contributed by atoms with E-state index in [4.69, 9.17) is 0 Å². The Balaban J connectivity index is 1.66. The first-order valence-electron chi connectivity index (χ1n) is 12.9. The highest BCUT2D eigenvalue weighted by molar-refractivity contribution is 5.95. The largest absolute Gasteiger partial charge is 0.358 e. The number of benzene rings is 2. The van der Waals surface area contributed by atoms with Crippen molar-refractivity contribution in [1.82, 2.24) is 19.8 Å². The summed E-state index contributed by atoms with van der Waals surface area (Å²) in [6, 6.07) is 15.9. The molecule has 4 rings (SSSR count). The fourth-order valence-electron chi connectivity index (χ4n) is 4.56. The lowest BCUT2D eigenvalue weighted by Crippen LogP contribution is -2.34. The Hall–Kier alpha value is -3.45. The molecular formula is C29H37N5O2. The van der Waals surface area contributed by atoms with Crippen LogP contribution in [0.2, 0.25) is 0 Å². The third-order valence-corrected chi connectivity index (χ3v) is 6.94. The molecule has 0 radical (unpaired) electrons. The van der Waals surface area contributed by atoms with Gasteiger partial charge in [-0.25, -0.2) is 4.98 Å². The second kappa shape index (κ2) is 11.5. The average Bonchev–Trinajstić information content (AvgIpc) is 3.71. The van der Waals surface area contributed by atoms with Gasteiger partial charge >= 0.3 is 0 Å². The van der Waals surface area contributed by atoms with Gasteiger partial charge in [0.15, 0.2) is 5.82 Å². The van der Waals surface area contributed by atoms with Crippen LogP contribution in [0.3, 0.4) is 0 Å². The number of carbonyl (C=O) groups is 1. The molecule has 190 valence electrons. The summed E-state index contributed by atoms with van der Waals surface area (Å²) >= 11 is 0. The van der Waals surface area contributed by atoms with Gasteiger partial charge in [0.1, 0.15) is 0 Å². The van der Waals surface area contributed by atoms with E-state index in [1.54, 1.807) is 23.0 Å². The van der Waals surface area contributed by atoms with E-state index in [2.05, 4.69) is 53.4 Å². The number of rotatable bonds is 11. The van der Waals surface area contributed by atoms with Gasteiger partial charge in [0.25, 0.3) is 11.5 Å². The van der Waals surface area contributed by atoms with Gasteiger partial charge in [-0.1, -0.05) is 57.2 Å². The van der Waals surface area contributed by atoms with Gasteiger partial charge in [0.2, 0.25) is 0 Å². The van der Waals surface area contributed by atoms with Crippen LogP contribution < -0.4 is 16.2 Å². The molecule has 0 aliphatic heterocycles. The Morgan fingerprint density at radius 1 is 1.14 bits per heavy atom. The van der Waals surface area contributed by atoms with E-state index in [0.717, 1.165) is 43.6 Å². The molecule has 1 fully saturated rings. The van der Waals surface area contributed by atoms with Crippen LogP contribution in [0.15, 0.2) is 65.7 Å². The predicted octanol–water partition coefficient (Wildman–Crippen LogP) is 4.56. The molecule has 2 atom stereocenters. The monoisotopic (exact) mass is 487 g/mol. The molecule has 1 aliphatic carbocycles. The smallest absolute Gasteiger partial charge is 0.297 e. The molecule has 0 saturated heterocycles. The molecule has 0 spiro atoms. The number of aromatic nitrogens is 2. The number of amides is 1. The highest BCUT2D eigenvalue weighted by atomic mass is 16.2. The molecule has 1 heterocycles.